The molecule has 1 aromatic rings. The van der Waals surface area contributed by atoms with Crippen LogP contribution in [-0.4, -0.2) is 28.7 Å². The number of aromatic carboxylic acids is 1. The van der Waals surface area contributed by atoms with Crippen molar-refractivity contribution < 1.29 is 9.90 Å². The minimum atomic E-state index is -0.951. The first-order valence-electron chi connectivity index (χ1n) is 4.37. The maximum atomic E-state index is 10.6. The van der Waals surface area contributed by atoms with Gasteiger partial charge in [-0.25, -0.2) is 4.79 Å². The molecule has 6 heteroatoms. The van der Waals surface area contributed by atoms with E-state index in [0.717, 1.165) is 5.56 Å². The Balaban J connectivity index is 2.72. The van der Waals surface area contributed by atoms with Gasteiger partial charge >= 0.3 is 5.97 Å². The maximum absolute atomic E-state index is 10.6. The first-order valence-corrected chi connectivity index (χ1v) is 5.60. The fraction of sp³-hybridized carbons (Fsp3) is 0.100. The highest BCUT2D eigenvalue weighted by atomic mass is 32.2. The van der Waals surface area contributed by atoms with Gasteiger partial charge in [-0.2, -0.15) is 5.10 Å². The second kappa shape index (κ2) is 5.92. The fourth-order valence-electron chi connectivity index (χ4n) is 0.905. The van der Waals surface area contributed by atoms with Crippen LogP contribution in [-0.2, 0) is 0 Å². The van der Waals surface area contributed by atoms with Crippen LogP contribution in [0.2, 0.25) is 0 Å². The van der Waals surface area contributed by atoms with E-state index >= 15 is 0 Å². The zero-order valence-corrected chi connectivity index (χ0v) is 9.44. The molecule has 1 rings (SSSR count). The van der Waals surface area contributed by atoms with Crippen LogP contribution in [0.1, 0.15) is 15.9 Å². The zero-order chi connectivity index (χ0) is 12.0. The van der Waals surface area contributed by atoms with E-state index in [-0.39, 0.29) is 5.56 Å². The van der Waals surface area contributed by atoms with Crippen molar-refractivity contribution in [3.05, 3.63) is 35.4 Å². The predicted octanol–water partition coefficient (Wildman–Crippen LogP) is 1.40. The lowest BCUT2D eigenvalue weighted by atomic mass is 10.1. The lowest BCUT2D eigenvalue weighted by Gasteiger charge is -1.94. The average molecular weight is 237 g/mol. The van der Waals surface area contributed by atoms with E-state index in [9.17, 15) is 4.79 Å². The maximum Gasteiger partial charge on any atom is 0.335 e. The molecule has 5 nitrogen and oxygen atoms in total. The Morgan fingerprint density at radius 3 is 2.56 bits per heavy atom. The average Bonchev–Trinajstić information content (AvgIpc) is 2.29. The highest BCUT2D eigenvalue weighted by Gasteiger charge is 1.99. The van der Waals surface area contributed by atoms with E-state index in [4.69, 9.17) is 10.8 Å². The molecule has 0 saturated carbocycles. The highest BCUT2D eigenvalue weighted by molar-refractivity contribution is 8.13. The van der Waals surface area contributed by atoms with Crippen LogP contribution in [0, 0.1) is 0 Å². The molecule has 0 aliphatic heterocycles. The molecule has 0 atom stereocenters. The van der Waals surface area contributed by atoms with E-state index in [1.165, 1.54) is 30.1 Å². The van der Waals surface area contributed by atoms with Crippen LogP contribution >= 0.6 is 11.8 Å². The molecule has 0 spiro atoms. The molecule has 1 aromatic carbocycles. The van der Waals surface area contributed by atoms with Gasteiger partial charge in [-0.3, -0.25) is 0 Å². The number of carbonyl (C=O) groups is 1. The largest absolute Gasteiger partial charge is 0.478 e. The van der Waals surface area contributed by atoms with Gasteiger partial charge in [0.1, 0.15) is 0 Å². The summed E-state index contributed by atoms with van der Waals surface area (Å²) in [5.74, 6) is -0.951. The van der Waals surface area contributed by atoms with Gasteiger partial charge in [-0.15, -0.1) is 5.10 Å². The van der Waals surface area contributed by atoms with Gasteiger partial charge < -0.3 is 10.8 Å². The number of carboxylic acids is 1. The van der Waals surface area contributed by atoms with Gasteiger partial charge in [0.2, 0.25) is 0 Å². The standard InChI is InChI=1S/C10H11N3O2S/c1-16-10(11)13-12-6-7-2-4-8(5-3-7)9(14)15/h2-6H,1H3,(H2,11,13)(H,14,15)/b12-6-. The van der Waals surface area contributed by atoms with Crippen molar-refractivity contribution in [1.82, 2.24) is 0 Å². The van der Waals surface area contributed by atoms with Crippen molar-refractivity contribution >= 4 is 29.1 Å². The number of nitrogens with zero attached hydrogens (tertiary/aromatic N) is 2. The number of amidine groups is 1. The SMILES string of the molecule is CS/C(N)=N/N=C\c1ccc(C(=O)O)cc1. The third-order valence-electron chi connectivity index (χ3n) is 1.73. The molecule has 0 amide bonds. The lowest BCUT2D eigenvalue weighted by molar-refractivity contribution is 0.0697. The topological polar surface area (TPSA) is 88.0 Å². The third-order valence-corrected chi connectivity index (χ3v) is 2.23. The molecule has 0 unspecified atom stereocenters. The van der Waals surface area contributed by atoms with Crippen LogP contribution in [0.15, 0.2) is 34.5 Å². The zero-order valence-electron chi connectivity index (χ0n) is 8.62. The van der Waals surface area contributed by atoms with E-state index in [1.807, 2.05) is 0 Å². The molecule has 84 valence electrons. The minimum absolute atomic E-state index is 0.240. The Hall–Kier alpha value is -1.82. The van der Waals surface area contributed by atoms with Gasteiger partial charge in [-0.1, -0.05) is 23.9 Å². The molecule has 0 aliphatic rings. The second-order valence-electron chi connectivity index (χ2n) is 2.81. The molecule has 0 saturated heterocycles. The van der Waals surface area contributed by atoms with Gasteiger partial charge in [0.05, 0.1) is 11.8 Å². The number of hydrogen-bond acceptors (Lipinski definition) is 4. The number of carboxylic acid groups (broad SMARTS) is 1. The van der Waals surface area contributed by atoms with Crippen LogP contribution in [0.25, 0.3) is 0 Å². The second-order valence-corrected chi connectivity index (χ2v) is 3.64. The number of rotatable bonds is 3. The molecule has 0 fully saturated rings. The summed E-state index contributed by atoms with van der Waals surface area (Å²) >= 11 is 1.30. The van der Waals surface area contributed by atoms with E-state index < -0.39 is 5.97 Å². The molecule has 3 N–H and O–H groups in total. The van der Waals surface area contributed by atoms with Crippen molar-refractivity contribution in [2.45, 2.75) is 0 Å². The number of benzene rings is 1. The predicted molar refractivity (Wildman–Crippen MR) is 66.1 cm³/mol. The van der Waals surface area contributed by atoms with Crippen LogP contribution in [0.5, 0.6) is 0 Å². The highest BCUT2D eigenvalue weighted by Crippen LogP contribution is 2.02. The van der Waals surface area contributed by atoms with Crippen LogP contribution in [0.4, 0.5) is 0 Å². The monoisotopic (exact) mass is 237 g/mol. The van der Waals surface area contributed by atoms with Gasteiger partial charge in [0, 0.05) is 0 Å². The number of hydrogen-bond donors (Lipinski definition) is 2. The van der Waals surface area contributed by atoms with Crippen LogP contribution < -0.4 is 5.73 Å². The minimum Gasteiger partial charge on any atom is -0.478 e. The summed E-state index contributed by atoms with van der Waals surface area (Å²) in [6.45, 7) is 0. The normalized spacial score (nSPS) is 11.9. The molecule has 16 heavy (non-hydrogen) atoms. The van der Waals surface area contributed by atoms with Gasteiger partial charge in [0.15, 0.2) is 5.17 Å². The molecule has 0 bridgehead atoms. The first-order chi connectivity index (χ1) is 7.63. The molecule has 0 radical (unpaired) electrons. The summed E-state index contributed by atoms with van der Waals surface area (Å²) in [4.78, 5) is 10.6. The van der Waals surface area contributed by atoms with Crippen molar-refractivity contribution in [3.8, 4) is 0 Å². The van der Waals surface area contributed by atoms with Crippen molar-refractivity contribution in [2.24, 2.45) is 15.9 Å². The summed E-state index contributed by atoms with van der Waals surface area (Å²) in [5.41, 5.74) is 6.43. The molecule has 0 aromatic heterocycles. The summed E-state index contributed by atoms with van der Waals surface area (Å²) < 4.78 is 0. The van der Waals surface area contributed by atoms with Crippen molar-refractivity contribution in [3.63, 3.8) is 0 Å². The third kappa shape index (κ3) is 3.74. The smallest absolute Gasteiger partial charge is 0.335 e. The first kappa shape index (κ1) is 12.3. The van der Waals surface area contributed by atoms with Gasteiger partial charge in [0.25, 0.3) is 0 Å². The Kier molecular flexibility index (Phi) is 4.53. The van der Waals surface area contributed by atoms with E-state index in [2.05, 4.69) is 10.2 Å². The Labute approximate surface area is 97.1 Å². The Morgan fingerprint density at radius 2 is 2.06 bits per heavy atom. The quantitative estimate of drug-likeness (QED) is 0.472. The number of nitrogens with two attached hydrogens (primary N) is 1. The Morgan fingerprint density at radius 1 is 1.44 bits per heavy atom. The van der Waals surface area contributed by atoms with E-state index in [1.54, 1.807) is 18.4 Å². The number of thioether (sulfide) groups is 1. The van der Waals surface area contributed by atoms with Gasteiger partial charge in [-0.05, 0) is 24.0 Å². The van der Waals surface area contributed by atoms with Crippen molar-refractivity contribution in [2.75, 3.05) is 6.26 Å². The summed E-state index contributed by atoms with van der Waals surface area (Å²) in [7, 11) is 0. The van der Waals surface area contributed by atoms with E-state index in [0.29, 0.717) is 5.17 Å². The van der Waals surface area contributed by atoms with Crippen LogP contribution in [0.3, 0.4) is 0 Å². The summed E-state index contributed by atoms with van der Waals surface area (Å²) in [6.07, 6.45) is 3.31. The molecular weight excluding hydrogens is 226 g/mol. The molecule has 0 aliphatic carbocycles. The van der Waals surface area contributed by atoms with Crippen molar-refractivity contribution in [1.29, 1.82) is 0 Å². The fourth-order valence-corrected chi connectivity index (χ4v) is 1.03. The Bertz CT molecular complexity index is 426. The lowest BCUT2D eigenvalue weighted by Crippen LogP contribution is -2.03. The molecular formula is C10H11N3O2S. The summed E-state index contributed by atoms with van der Waals surface area (Å²) in [6, 6.07) is 6.31. The summed E-state index contributed by atoms with van der Waals surface area (Å²) in [5, 5.41) is 16.5. The molecule has 0 heterocycles.